The molecular formula is C20H14Cl2N2O3S. The summed E-state index contributed by atoms with van der Waals surface area (Å²) in [5.74, 6) is -0.472. The number of aromatic nitrogens is 2. The smallest absolute Gasteiger partial charge is 0.408 e. The highest BCUT2D eigenvalue weighted by atomic mass is 35.5. The maximum Gasteiger partial charge on any atom is 0.419 e. The number of thiophene rings is 1. The number of Topliss-reactive ketones (excluding diaryl/α,β-unsaturated/α-hetero) is 1. The molecule has 3 aromatic heterocycles. The maximum absolute atomic E-state index is 12.7. The maximum atomic E-state index is 12.7. The Kier molecular flexibility index (Phi) is 4.87. The quantitative estimate of drug-likeness (QED) is 0.410. The van der Waals surface area contributed by atoms with Crippen molar-refractivity contribution in [3.63, 3.8) is 0 Å². The Morgan fingerprint density at radius 3 is 2.64 bits per heavy atom. The van der Waals surface area contributed by atoms with E-state index in [2.05, 4.69) is 4.98 Å². The van der Waals surface area contributed by atoms with Crippen LogP contribution < -0.4 is 5.76 Å². The molecule has 8 heteroatoms. The number of hydrogen-bond donors (Lipinski definition) is 0. The number of fused-ring (bicyclic) bond motifs is 1. The van der Waals surface area contributed by atoms with E-state index in [0.29, 0.717) is 31.6 Å². The van der Waals surface area contributed by atoms with Crippen LogP contribution in [0.4, 0.5) is 0 Å². The van der Waals surface area contributed by atoms with Gasteiger partial charge in [-0.2, -0.15) is 0 Å². The van der Waals surface area contributed by atoms with E-state index in [-0.39, 0.29) is 12.2 Å². The van der Waals surface area contributed by atoms with Gasteiger partial charge in [0.05, 0.1) is 20.4 Å². The summed E-state index contributed by atoms with van der Waals surface area (Å²) in [7, 11) is 1.67. The van der Waals surface area contributed by atoms with Crippen LogP contribution in [0.1, 0.15) is 20.8 Å². The van der Waals surface area contributed by atoms with Crippen LogP contribution in [0.2, 0.25) is 10.0 Å². The molecule has 0 bridgehead atoms. The SMILES string of the molecule is Cc1cc2oc(=O)n(C)c2cc1-c1ccc(C(=O)Cc2c(Cl)cncc2Cl)s1. The number of carbonyl (C=O) groups excluding carboxylic acids is 1. The summed E-state index contributed by atoms with van der Waals surface area (Å²) < 4.78 is 6.69. The summed E-state index contributed by atoms with van der Waals surface area (Å²) >= 11 is 13.6. The first-order chi connectivity index (χ1) is 13.3. The first-order valence-electron chi connectivity index (χ1n) is 8.36. The van der Waals surface area contributed by atoms with Gasteiger partial charge < -0.3 is 4.42 Å². The van der Waals surface area contributed by atoms with Crippen molar-refractivity contribution in [1.29, 1.82) is 0 Å². The lowest BCUT2D eigenvalue weighted by Crippen LogP contribution is -2.08. The van der Waals surface area contributed by atoms with Crippen molar-refractivity contribution in [1.82, 2.24) is 9.55 Å². The monoisotopic (exact) mass is 432 g/mol. The van der Waals surface area contributed by atoms with Crippen LogP contribution in [0.3, 0.4) is 0 Å². The number of carbonyl (C=O) groups is 1. The standard InChI is InChI=1S/C20H14Cl2N2O3S/c1-10-5-17-15(24(2)20(26)27-17)6-11(10)18-3-4-19(28-18)16(25)7-12-13(21)8-23-9-14(12)22/h3-6,8-9H,7H2,1-2H3. The Bertz CT molecular complexity index is 1270. The number of benzene rings is 1. The van der Waals surface area contributed by atoms with Gasteiger partial charge in [-0.3, -0.25) is 14.3 Å². The summed E-state index contributed by atoms with van der Waals surface area (Å²) in [6.45, 7) is 1.94. The third-order valence-electron chi connectivity index (χ3n) is 4.57. The fourth-order valence-electron chi connectivity index (χ4n) is 3.03. The molecule has 0 saturated heterocycles. The first-order valence-corrected chi connectivity index (χ1v) is 9.94. The van der Waals surface area contributed by atoms with Gasteiger partial charge in [-0.1, -0.05) is 23.2 Å². The van der Waals surface area contributed by atoms with Crippen LogP contribution in [0, 0.1) is 6.92 Å². The number of halogens is 2. The van der Waals surface area contributed by atoms with Crippen molar-refractivity contribution in [2.45, 2.75) is 13.3 Å². The molecule has 3 heterocycles. The minimum absolute atomic E-state index is 0.0688. The molecule has 1 aromatic carbocycles. The Morgan fingerprint density at radius 1 is 1.21 bits per heavy atom. The fourth-order valence-corrected chi connectivity index (χ4v) is 4.55. The molecule has 142 valence electrons. The second-order valence-corrected chi connectivity index (χ2v) is 8.31. The number of hydrogen-bond acceptors (Lipinski definition) is 5. The molecule has 28 heavy (non-hydrogen) atoms. The van der Waals surface area contributed by atoms with Crippen LogP contribution in [0.5, 0.6) is 0 Å². The molecule has 0 amide bonds. The molecule has 0 aliphatic rings. The molecule has 5 nitrogen and oxygen atoms in total. The van der Waals surface area contributed by atoms with Crippen molar-refractivity contribution in [2.75, 3.05) is 0 Å². The van der Waals surface area contributed by atoms with Crippen LogP contribution in [0.25, 0.3) is 21.5 Å². The lowest BCUT2D eigenvalue weighted by molar-refractivity contribution is 0.0997. The molecular weight excluding hydrogens is 419 g/mol. The van der Waals surface area contributed by atoms with E-state index in [1.165, 1.54) is 28.3 Å². The third-order valence-corrected chi connectivity index (χ3v) is 6.39. The molecule has 0 radical (unpaired) electrons. The zero-order valence-corrected chi connectivity index (χ0v) is 17.3. The van der Waals surface area contributed by atoms with E-state index >= 15 is 0 Å². The normalized spacial score (nSPS) is 11.3. The molecule has 0 N–H and O–H groups in total. The van der Waals surface area contributed by atoms with Crippen molar-refractivity contribution >= 4 is 51.4 Å². The van der Waals surface area contributed by atoms with E-state index in [9.17, 15) is 9.59 Å². The highest BCUT2D eigenvalue weighted by Gasteiger charge is 2.17. The second-order valence-electron chi connectivity index (χ2n) is 6.41. The minimum atomic E-state index is -0.403. The molecule has 0 atom stereocenters. The van der Waals surface area contributed by atoms with E-state index in [0.717, 1.165) is 16.0 Å². The summed E-state index contributed by atoms with van der Waals surface area (Å²) in [5.41, 5.74) is 3.74. The lowest BCUT2D eigenvalue weighted by Gasteiger charge is -2.05. The van der Waals surface area contributed by atoms with Gasteiger partial charge in [-0.05, 0) is 42.3 Å². The topological polar surface area (TPSA) is 65.1 Å². The number of ketones is 1. The van der Waals surface area contributed by atoms with Gasteiger partial charge in [0.15, 0.2) is 11.4 Å². The summed E-state index contributed by atoms with van der Waals surface area (Å²) in [4.78, 5) is 29.9. The Labute approximate surface area is 174 Å². The molecule has 0 aliphatic carbocycles. The number of pyridine rings is 1. The number of rotatable bonds is 4. The fraction of sp³-hybridized carbons (Fsp3) is 0.150. The van der Waals surface area contributed by atoms with Crippen molar-refractivity contribution in [3.05, 3.63) is 73.3 Å². The van der Waals surface area contributed by atoms with Gasteiger partial charge in [-0.15, -0.1) is 11.3 Å². The van der Waals surface area contributed by atoms with Gasteiger partial charge in [0, 0.05) is 36.3 Å². The van der Waals surface area contributed by atoms with E-state index in [4.69, 9.17) is 27.6 Å². The van der Waals surface area contributed by atoms with Gasteiger partial charge in [0.2, 0.25) is 0 Å². The van der Waals surface area contributed by atoms with Crippen molar-refractivity contribution in [2.24, 2.45) is 7.05 Å². The average Bonchev–Trinajstić information content (AvgIpc) is 3.23. The Balaban J connectivity index is 1.69. The predicted molar refractivity (Wildman–Crippen MR) is 112 cm³/mol. The Hall–Kier alpha value is -2.41. The summed E-state index contributed by atoms with van der Waals surface area (Å²) in [5, 5.41) is 0.750. The molecule has 0 saturated carbocycles. The molecule has 0 unspecified atom stereocenters. The van der Waals surface area contributed by atoms with E-state index < -0.39 is 5.76 Å². The van der Waals surface area contributed by atoms with Gasteiger partial charge in [0.25, 0.3) is 0 Å². The number of nitrogens with zero attached hydrogens (tertiary/aromatic N) is 2. The molecule has 4 aromatic rings. The lowest BCUT2D eigenvalue weighted by atomic mass is 10.1. The van der Waals surface area contributed by atoms with E-state index in [1.807, 2.05) is 25.1 Å². The van der Waals surface area contributed by atoms with E-state index in [1.54, 1.807) is 13.1 Å². The summed E-state index contributed by atoms with van der Waals surface area (Å²) in [6, 6.07) is 7.44. The molecule has 4 rings (SSSR count). The predicted octanol–water partition coefficient (Wildman–Crippen LogP) is 5.30. The molecule has 0 spiro atoms. The largest absolute Gasteiger partial charge is 0.419 e. The highest BCUT2D eigenvalue weighted by molar-refractivity contribution is 7.17. The molecule has 0 aliphatic heterocycles. The number of aryl methyl sites for hydroxylation is 2. The Morgan fingerprint density at radius 2 is 1.93 bits per heavy atom. The second kappa shape index (κ2) is 7.20. The average molecular weight is 433 g/mol. The summed E-state index contributed by atoms with van der Waals surface area (Å²) in [6.07, 6.45) is 3.06. The van der Waals surface area contributed by atoms with Gasteiger partial charge in [-0.25, -0.2) is 4.79 Å². The number of oxazole rings is 1. The molecule has 0 fully saturated rings. The van der Waals surface area contributed by atoms with Gasteiger partial charge in [0.1, 0.15) is 0 Å². The van der Waals surface area contributed by atoms with Crippen LogP contribution in [-0.2, 0) is 13.5 Å². The van der Waals surface area contributed by atoms with Crippen molar-refractivity contribution in [3.8, 4) is 10.4 Å². The van der Waals surface area contributed by atoms with Crippen LogP contribution >= 0.6 is 34.5 Å². The van der Waals surface area contributed by atoms with Crippen LogP contribution in [0.15, 0.2) is 45.9 Å². The van der Waals surface area contributed by atoms with Crippen molar-refractivity contribution < 1.29 is 9.21 Å². The van der Waals surface area contributed by atoms with Crippen LogP contribution in [-0.4, -0.2) is 15.3 Å². The van der Waals surface area contributed by atoms with Gasteiger partial charge >= 0.3 is 5.76 Å². The third kappa shape index (κ3) is 3.28. The minimum Gasteiger partial charge on any atom is -0.408 e. The highest BCUT2D eigenvalue weighted by Crippen LogP contribution is 2.34. The first kappa shape index (κ1) is 18.9. The zero-order chi connectivity index (χ0) is 20.0. The zero-order valence-electron chi connectivity index (χ0n) is 15.0.